The Hall–Kier alpha value is -1.23. The molecule has 82 valence electrons. The van der Waals surface area contributed by atoms with Gasteiger partial charge in [0.25, 0.3) is 0 Å². The first-order valence-electron chi connectivity index (χ1n) is 4.78. The minimum absolute atomic E-state index is 0.260. The van der Waals surface area contributed by atoms with Crippen LogP contribution in [0.25, 0.3) is 0 Å². The van der Waals surface area contributed by atoms with E-state index in [1.165, 1.54) is 12.3 Å². The van der Waals surface area contributed by atoms with E-state index in [4.69, 9.17) is 11.5 Å². The standard InChI is InChI=1S/C10H14N2O2S/c1-15(13,14)7-4-8(6-2-3-6)10(12)9(11)5-7/h4-6H,2-3,11-12H2,1H3. The molecule has 0 aliphatic heterocycles. The quantitative estimate of drug-likeness (QED) is 0.740. The second-order valence-corrected chi connectivity index (χ2v) is 6.08. The molecule has 0 amide bonds. The van der Waals surface area contributed by atoms with Crippen LogP contribution in [-0.4, -0.2) is 14.7 Å². The molecule has 1 aromatic carbocycles. The third-order valence-electron chi connectivity index (χ3n) is 2.66. The van der Waals surface area contributed by atoms with Gasteiger partial charge in [-0.3, -0.25) is 0 Å². The maximum Gasteiger partial charge on any atom is 0.175 e. The Balaban J connectivity index is 2.60. The molecule has 0 unspecified atom stereocenters. The SMILES string of the molecule is CS(=O)(=O)c1cc(N)c(N)c(C2CC2)c1. The van der Waals surface area contributed by atoms with E-state index in [-0.39, 0.29) is 4.90 Å². The normalized spacial score (nSPS) is 16.6. The molecule has 0 bridgehead atoms. The molecular weight excluding hydrogens is 212 g/mol. The van der Waals surface area contributed by atoms with Gasteiger partial charge < -0.3 is 11.5 Å². The lowest BCUT2D eigenvalue weighted by Crippen LogP contribution is -2.04. The lowest BCUT2D eigenvalue weighted by Gasteiger charge is -2.09. The van der Waals surface area contributed by atoms with E-state index in [0.717, 1.165) is 18.4 Å². The summed E-state index contributed by atoms with van der Waals surface area (Å²) in [6, 6.07) is 3.08. The third-order valence-corrected chi connectivity index (χ3v) is 3.75. The molecule has 1 fully saturated rings. The molecule has 0 heterocycles. The zero-order chi connectivity index (χ0) is 11.2. The van der Waals surface area contributed by atoms with Crippen LogP contribution >= 0.6 is 0 Å². The maximum absolute atomic E-state index is 11.4. The predicted octanol–water partition coefficient (Wildman–Crippen LogP) is 1.13. The van der Waals surface area contributed by atoms with Gasteiger partial charge in [0.05, 0.1) is 16.3 Å². The summed E-state index contributed by atoms with van der Waals surface area (Å²) in [6.45, 7) is 0. The van der Waals surface area contributed by atoms with Gasteiger partial charge in [-0.05, 0) is 36.5 Å². The number of anilines is 2. The van der Waals surface area contributed by atoms with Crippen LogP contribution in [0, 0.1) is 0 Å². The molecule has 15 heavy (non-hydrogen) atoms. The minimum atomic E-state index is -3.21. The lowest BCUT2D eigenvalue weighted by molar-refractivity contribution is 0.602. The summed E-state index contributed by atoms with van der Waals surface area (Å²) in [4.78, 5) is 0.260. The summed E-state index contributed by atoms with van der Waals surface area (Å²) in [5.74, 6) is 0.397. The molecule has 1 aromatic rings. The summed E-state index contributed by atoms with van der Waals surface area (Å²) in [6.07, 6.45) is 3.31. The van der Waals surface area contributed by atoms with Gasteiger partial charge in [-0.25, -0.2) is 8.42 Å². The molecule has 0 aromatic heterocycles. The second kappa shape index (κ2) is 3.13. The lowest BCUT2D eigenvalue weighted by atomic mass is 10.1. The molecule has 1 aliphatic carbocycles. The second-order valence-electron chi connectivity index (χ2n) is 4.06. The van der Waals surface area contributed by atoms with Crippen LogP contribution < -0.4 is 11.5 Å². The summed E-state index contributed by atoms with van der Waals surface area (Å²) in [7, 11) is -3.21. The molecule has 0 radical (unpaired) electrons. The largest absolute Gasteiger partial charge is 0.397 e. The smallest absolute Gasteiger partial charge is 0.175 e. The number of hydrogen-bond donors (Lipinski definition) is 2. The van der Waals surface area contributed by atoms with Gasteiger partial charge in [0.15, 0.2) is 9.84 Å². The molecule has 0 atom stereocenters. The van der Waals surface area contributed by atoms with Crippen LogP contribution in [0.2, 0.25) is 0 Å². The molecule has 1 aliphatic rings. The van der Waals surface area contributed by atoms with Crippen molar-refractivity contribution in [1.82, 2.24) is 0 Å². The Morgan fingerprint density at radius 2 is 1.87 bits per heavy atom. The van der Waals surface area contributed by atoms with Gasteiger partial charge in [0, 0.05) is 6.26 Å². The van der Waals surface area contributed by atoms with Crippen molar-refractivity contribution in [3.05, 3.63) is 17.7 Å². The summed E-state index contributed by atoms with van der Waals surface area (Å²) < 4.78 is 22.8. The van der Waals surface area contributed by atoms with Gasteiger partial charge >= 0.3 is 0 Å². The maximum atomic E-state index is 11.4. The topological polar surface area (TPSA) is 86.2 Å². The van der Waals surface area contributed by atoms with Crippen molar-refractivity contribution < 1.29 is 8.42 Å². The van der Waals surface area contributed by atoms with E-state index in [2.05, 4.69) is 0 Å². The van der Waals surface area contributed by atoms with Crippen molar-refractivity contribution in [1.29, 1.82) is 0 Å². The van der Waals surface area contributed by atoms with Crippen LogP contribution in [0.5, 0.6) is 0 Å². The van der Waals surface area contributed by atoms with Gasteiger partial charge in [0.2, 0.25) is 0 Å². The summed E-state index contributed by atoms with van der Waals surface area (Å²) >= 11 is 0. The number of benzene rings is 1. The van der Waals surface area contributed by atoms with Crippen molar-refractivity contribution in [2.75, 3.05) is 17.7 Å². The van der Waals surface area contributed by atoms with Crippen LogP contribution in [-0.2, 0) is 9.84 Å². The highest BCUT2D eigenvalue weighted by Crippen LogP contribution is 2.44. The fourth-order valence-corrected chi connectivity index (χ4v) is 2.30. The van der Waals surface area contributed by atoms with E-state index in [9.17, 15) is 8.42 Å². The Morgan fingerprint density at radius 3 is 2.33 bits per heavy atom. The number of rotatable bonds is 2. The van der Waals surface area contributed by atoms with Crippen molar-refractivity contribution in [2.45, 2.75) is 23.7 Å². The Bertz CT molecular complexity index is 504. The highest BCUT2D eigenvalue weighted by molar-refractivity contribution is 7.90. The molecule has 1 saturated carbocycles. The molecule has 5 heteroatoms. The minimum Gasteiger partial charge on any atom is -0.397 e. The van der Waals surface area contributed by atoms with E-state index in [1.807, 2.05) is 0 Å². The van der Waals surface area contributed by atoms with Crippen molar-refractivity contribution in [3.8, 4) is 0 Å². The average molecular weight is 226 g/mol. The van der Waals surface area contributed by atoms with Gasteiger partial charge in [-0.1, -0.05) is 0 Å². The van der Waals surface area contributed by atoms with E-state index in [1.54, 1.807) is 6.07 Å². The number of hydrogen-bond acceptors (Lipinski definition) is 4. The first-order chi connectivity index (χ1) is 6.89. The van der Waals surface area contributed by atoms with Crippen LogP contribution in [0.1, 0.15) is 24.3 Å². The highest BCUT2D eigenvalue weighted by atomic mass is 32.2. The van der Waals surface area contributed by atoms with E-state index >= 15 is 0 Å². The van der Waals surface area contributed by atoms with Crippen LogP contribution in [0.4, 0.5) is 11.4 Å². The Morgan fingerprint density at radius 1 is 1.27 bits per heavy atom. The number of sulfone groups is 1. The number of nitrogens with two attached hydrogens (primary N) is 2. The Labute approximate surface area is 89.2 Å². The van der Waals surface area contributed by atoms with Crippen molar-refractivity contribution in [2.24, 2.45) is 0 Å². The van der Waals surface area contributed by atoms with E-state index in [0.29, 0.717) is 17.3 Å². The first-order valence-corrected chi connectivity index (χ1v) is 6.67. The molecule has 2 rings (SSSR count). The molecular formula is C10H14N2O2S. The van der Waals surface area contributed by atoms with Crippen molar-refractivity contribution in [3.63, 3.8) is 0 Å². The predicted molar refractivity (Wildman–Crippen MR) is 60.4 cm³/mol. The molecule has 0 spiro atoms. The molecule has 4 N–H and O–H groups in total. The van der Waals surface area contributed by atoms with Gasteiger partial charge in [0.1, 0.15) is 0 Å². The summed E-state index contributed by atoms with van der Waals surface area (Å²) in [5, 5.41) is 0. The summed E-state index contributed by atoms with van der Waals surface area (Å²) in [5.41, 5.74) is 13.3. The number of nitrogen functional groups attached to an aromatic ring is 2. The van der Waals surface area contributed by atoms with Gasteiger partial charge in [-0.2, -0.15) is 0 Å². The van der Waals surface area contributed by atoms with E-state index < -0.39 is 9.84 Å². The fraction of sp³-hybridized carbons (Fsp3) is 0.400. The van der Waals surface area contributed by atoms with Gasteiger partial charge in [-0.15, -0.1) is 0 Å². The molecule has 0 saturated heterocycles. The monoisotopic (exact) mass is 226 g/mol. The first kappa shape index (κ1) is 10.3. The average Bonchev–Trinajstić information content (AvgIpc) is 2.90. The Kier molecular flexibility index (Phi) is 2.15. The van der Waals surface area contributed by atoms with Crippen LogP contribution in [0.15, 0.2) is 17.0 Å². The third kappa shape index (κ3) is 1.92. The molecule has 4 nitrogen and oxygen atoms in total. The van der Waals surface area contributed by atoms with Crippen LogP contribution in [0.3, 0.4) is 0 Å². The highest BCUT2D eigenvalue weighted by Gasteiger charge is 2.27. The van der Waals surface area contributed by atoms with Crippen molar-refractivity contribution >= 4 is 21.2 Å². The fourth-order valence-electron chi connectivity index (χ4n) is 1.62. The zero-order valence-corrected chi connectivity index (χ0v) is 9.34. The zero-order valence-electron chi connectivity index (χ0n) is 8.53.